The Kier molecular flexibility index (Phi) is 6.04. The number of anilines is 2. The molecule has 1 aliphatic rings. The number of ether oxygens (including phenoxy) is 2. The minimum absolute atomic E-state index is 0.0778. The van der Waals surface area contributed by atoms with E-state index in [-0.39, 0.29) is 18.0 Å². The molecule has 35 heavy (non-hydrogen) atoms. The summed E-state index contributed by atoms with van der Waals surface area (Å²) in [7, 11) is 5.47. The minimum atomic E-state index is -0.385. The van der Waals surface area contributed by atoms with Gasteiger partial charge in [-0.25, -0.2) is 4.39 Å². The third kappa shape index (κ3) is 4.65. The zero-order valence-corrected chi connectivity index (χ0v) is 19.9. The fraction of sp³-hybridized carbons (Fsp3) is 0.280. The Morgan fingerprint density at radius 1 is 1.06 bits per heavy atom. The Bertz CT molecular complexity index is 1340. The van der Waals surface area contributed by atoms with E-state index in [1.807, 2.05) is 44.6 Å². The monoisotopic (exact) mass is 475 g/mol. The maximum atomic E-state index is 13.4. The fourth-order valence-electron chi connectivity index (χ4n) is 4.07. The molecule has 0 saturated carbocycles. The fourth-order valence-corrected chi connectivity index (χ4v) is 4.07. The molecule has 180 valence electrons. The molecule has 1 aliphatic heterocycles. The van der Waals surface area contributed by atoms with E-state index in [0.29, 0.717) is 35.6 Å². The van der Waals surface area contributed by atoms with Gasteiger partial charge in [0.2, 0.25) is 11.8 Å². The zero-order valence-electron chi connectivity index (χ0n) is 19.9. The first kappa shape index (κ1) is 22.7. The molecule has 0 spiro atoms. The van der Waals surface area contributed by atoms with Crippen LogP contribution in [0.1, 0.15) is 30.3 Å². The third-order valence-electron chi connectivity index (χ3n) is 6.11. The number of rotatable bonds is 5. The molecule has 0 aliphatic carbocycles. The summed E-state index contributed by atoms with van der Waals surface area (Å²) in [5, 5.41) is 7.46. The number of fused-ring (bicyclic) bond motifs is 1. The van der Waals surface area contributed by atoms with Gasteiger partial charge in [0.1, 0.15) is 17.5 Å². The average molecular weight is 476 g/mol. The smallest absolute Gasteiger partial charge is 0.223 e. The van der Waals surface area contributed by atoms with Gasteiger partial charge in [-0.15, -0.1) is 0 Å². The van der Waals surface area contributed by atoms with E-state index in [1.54, 1.807) is 24.1 Å². The summed E-state index contributed by atoms with van der Waals surface area (Å²) in [4.78, 5) is 15.7. The number of likely N-dealkylation sites (N-methyl/N-ethyl adjacent to an activating group) is 1. The quantitative estimate of drug-likeness (QED) is 0.457. The molecule has 10 heteroatoms. The minimum Gasteiger partial charge on any atom is -0.480 e. The first-order valence-corrected chi connectivity index (χ1v) is 11.2. The highest BCUT2D eigenvalue weighted by atomic mass is 19.1. The third-order valence-corrected chi connectivity index (χ3v) is 6.11. The molecule has 1 N–H and O–H groups in total. The number of nitrogens with one attached hydrogen (secondary N) is 1. The summed E-state index contributed by atoms with van der Waals surface area (Å²) in [5.41, 5.74) is 3.37. The maximum absolute atomic E-state index is 13.4. The van der Waals surface area contributed by atoms with Gasteiger partial charge in [-0.05, 0) is 50.4 Å². The molecular formula is C25H26FN7O2. The van der Waals surface area contributed by atoms with Crippen molar-refractivity contribution in [2.45, 2.75) is 19.1 Å². The Morgan fingerprint density at radius 3 is 2.57 bits per heavy atom. The lowest BCUT2D eigenvalue weighted by Gasteiger charge is -2.23. The van der Waals surface area contributed by atoms with E-state index < -0.39 is 0 Å². The number of methoxy groups -OCH3 is 1. The van der Waals surface area contributed by atoms with Gasteiger partial charge in [-0.3, -0.25) is 14.6 Å². The lowest BCUT2D eigenvalue weighted by atomic mass is 10.1. The highest BCUT2D eigenvalue weighted by Gasteiger charge is 2.29. The molecule has 0 fully saturated rings. The number of halogens is 1. The molecule has 0 amide bonds. The van der Waals surface area contributed by atoms with Gasteiger partial charge in [0.05, 0.1) is 25.2 Å². The van der Waals surface area contributed by atoms with Crippen LogP contribution in [-0.4, -0.2) is 50.3 Å². The van der Waals surface area contributed by atoms with Crippen LogP contribution in [0.25, 0.3) is 11.1 Å². The maximum Gasteiger partial charge on any atom is 0.223 e. The van der Waals surface area contributed by atoms with Crippen LogP contribution in [0, 0.1) is 5.82 Å². The van der Waals surface area contributed by atoms with E-state index in [0.717, 1.165) is 16.7 Å². The summed E-state index contributed by atoms with van der Waals surface area (Å²) in [6.45, 7) is 2.69. The van der Waals surface area contributed by atoms with Crippen LogP contribution < -0.4 is 14.8 Å². The second kappa shape index (κ2) is 9.30. The van der Waals surface area contributed by atoms with Crippen molar-refractivity contribution in [2.75, 3.05) is 26.0 Å². The first-order valence-electron chi connectivity index (χ1n) is 11.2. The van der Waals surface area contributed by atoms with Crippen LogP contribution in [-0.2, 0) is 7.05 Å². The Hall–Kier alpha value is -4.05. The SMILES string of the molecule is COc1nc(Nc2ccc3c(n2)OC(c2ccc(F)cn2)CN(C)C3C)ccc1-c1cnn(C)c1. The van der Waals surface area contributed by atoms with Gasteiger partial charge in [0.25, 0.3) is 0 Å². The van der Waals surface area contributed by atoms with Gasteiger partial charge in [0.15, 0.2) is 6.10 Å². The van der Waals surface area contributed by atoms with Crippen molar-refractivity contribution in [1.82, 2.24) is 29.6 Å². The molecule has 4 aromatic rings. The van der Waals surface area contributed by atoms with Crippen molar-refractivity contribution in [3.05, 3.63) is 72.1 Å². The van der Waals surface area contributed by atoms with Crippen LogP contribution in [0.3, 0.4) is 0 Å². The van der Waals surface area contributed by atoms with Crippen molar-refractivity contribution in [1.29, 1.82) is 0 Å². The molecule has 4 aromatic heterocycles. The number of aryl methyl sites for hydroxylation is 1. The molecule has 0 radical (unpaired) electrons. The predicted molar refractivity (Wildman–Crippen MR) is 129 cm³/mol. The Labute approximate surface area is 202 Å². The molecule has 0 aromatic carbocycles. The number of hydrogen-bond acceptors (Lipinski definition) is 8. The molecule has 9 nitrogen and oxygen atoms in total. The molecular weight excluding hydrogens is 449 g/mol. The highest BCUT2D eigenvalue weighted by molar-refractivity contribution is 5.70. The normalized spacial score (nSPS) is 17.9. The van der Waals surface area contributed by atoms with E-state index in [2.05, 4.69) is 32.2 Å². The van der Waals surface area contributed by atoms with E-state index in [4.69, 9.17) is 14.5 Å². The lowest BCUT2D eigenvalue weighted by molar-refractivity contribution is 0.144. The highest BCUT2D eigenvalue weighted by Crippen LogP contribution is 2.36. The van der Waals surface area contributed by atoms with Crippen molar-refractivity contribution < 1.29 is 13.9 Å². The van der Waals surface area contributed by atoms with Crippen molar-refractivity contribution in [2.24, 2.45) is 7.05 Å². The van der Waals surface area contributed by atoms with Crippen LogP contribution >= 0.6 is 0 Å². The molecule has 0 saturated heterocycles. The van der Waals surface area contributed by atoms with E-state index in [1.165, 1.54) is 12.3 Å². The number of pyridine rings is 3. The molecule has 0 bridgehead atoms. The number of hydrogen-bond donors (Lipinski definition) is 1. The molecule has 2 unspecified atom stereocenters. The number of nitrogens with zero attached hydrogens (tertiary/aromatic N) is 6. The van der Waals surface area contributed by atoms with Gasteiger partial charge >= 0.3 is 0 Å². The van der Waals surface area contributed by atoms with Crippen LogP contribution in [0.15, 0.2) is 55.0 Å². The summed E-state index contributed by atoms with van der Waals surface area (Å²) < 4.78 is 26.9. The van der Waals surface area contributed by atoms with Gasteiger partial charge in [-0.2, -0.15) is 15.1 Å². The standard InChI is InChI=1S/C25H26FN7O2/c1-15-18-6-9-23(29-22-10-7-19(24(30-22)34-4)16-11-28-33(3)13-16)31-25(18)35-21(14-32(15)2)20-8-5-17(26)12-27-20/h5-13,15,21H,14H2,1-4H3,(H,29,30,31). The summed E-state index contributed by atoms with van der Waals surface area (Å²) in [6.07, 6.45) is 4.49. The molecule has 2 atom stereocenters. The molecule has 5 heterocycles. The van der Waals surface area contributed by atoms with Gasteiger partial charge < -0.3 is 14.8 Å². The van der Waals surface area contributed by atoms with E-state index >= 15 is 0 Å². The summed E-state index contributed by atoms with van der Waals surface area (Å²) in [6, 6.07) is 10.8. The Balaban J connectivity index is 1.43. The zero-order chi connectivity index (χ0) is 24.5. The first-order chi connectivity index (χ1) is 16.9. The largest absolute Gasteiger partial charge is 0.480 e. The summed E-state index contributed by atoms with van der Waals surface area (Å²) in [5.74, 6) is 1.76. The van der Waals surface area contributed by atoms with Crippen LogP contribution in [0.5, 0.6) is 11.8 Å². The lowest BCUT2D eigenvalue weighted by Crippen LogP contribution is -2.27. The molecule has 5 rings (SSSR count). The second-order valence-corrected chi connectivity index (χ2v) is 8.50. The predicted octanol–water partition coefficient (Wildman–Crippen LogP) is 4.29. The van der Waals surface area contributed by atoms with Gasteiger partial charge in [0, 0.05) is 42.5 Å². The van der Waals surface area contributed by atoms with E-state index in [9.17, 15) is 4.39 Å². The van der Waals surface area contributed by atoms with Crippen LogP contribution in [0.4, 0.5) is 16.0 Å². The number of aromatic nitrogens is 5. The topological polar surface area (TPSA) is 90.2 Å². The van der Waals surface area contributed by atoms with Crippen LogP contribution in [0.2, 0.25) is 0 Å². The second-order valence-electron chi connectivity index (χ2n) is 8.50. The average Bonchev–Trinajstić information content (AvgIpc) is 3.24. The van der Waals surface area contributed by atoms with Crippen molar-refractivity contribution >= 4 is 11.6 Å². The van der Waals surface area contributed by atoms with Gasteiger partial charge in [-0.1, -0.05) is 0 Å². The van der Waals surface area contributed by atoms with Crippen molar-refractivity contribution in [3.63, 3.8) is 0 Å². The summed E-state index contributed by atoms with van der Waals surface area (Å²) >= 11 is 0. The Morgan fingerprint density at radius 2 is 1.86 bits per heavy atom. The van der Waals surface area contributed by atoms with Crippen molar-refractivity contribution in [3.8, 4) is 22.9 Å².